The van der Waals surface area contributed by atoms with Crippen molar-refractivity contribution in [3.63, 3.8) is 0 Å². The molecule has 6 aromatic rings. The van der Waals surface area contributed by atoms with E-state index in [0.717, 1.165) is 102 Å². The predicted octanol–water partition coefficient (Wildman–Crippen LogP) is 11.6. The monoisotopic (exact) mass is 1130 g/mol. The minimum absolute atomic E-state index is 0.196. The first kappa shape index (κ1) is 60.7. The molecule has 14 heteroatoms. The third-order valence-corrected chi connectivity index (χ3v) is 16.4. The van der Waals surface area contributed by atoms with E-state index in [9.17, 15) is 9.59 Å². The number of nitrogens with zero attached hydrogens (tertiary/aromatic N) is 4. The second-order valence-electron chi connectivity index (χ2n) is 24.8. The third kappa shape index (κ3) is 15.1. The van der Waals surface area contributed by atoms with Crippen molar-refractivity contribution < 1.29 is 38.0 Å². The van der Waals surface area contributed by atoms with E-state index in [0.29, 0.717) is 52.2 Å². The molecule has 442 valence electrons. The van der Waals surface area contributed by atoms with Crippen LogP contribution in [0.3, 0.4) is 0 Å². The summed E-state index contributed by atoms with van der Waals surface area (Å²) in [5, 5.41) is 6.98. The van der Waals surface area contributed by atoms with Crippen LogP contribution in [0.1, 0.15) is 110 Å². The van der Waals surface area contributed by atoms with Crippen molar-refractivity contribution in [1.82, 2.24) is 20.6 Å². The number of carbonyl (C=O) groups excluding carboxylic acids is 2. The van der Waals surface area contributed by atoms with Crippen molar-refractivity contribution >= 4 is 23.6 Å². The summed E-state index contributed by atoms with van der Waals surface area (Å²) in [4.78, 5) is 40.2. The van der Waals surface area contributed by atoms with Crippen LogP contribution in [0.4, 0.5) is 11.6 Å². The van der Waals surface area contributed by atoms with Crippen LogP contribution in [0.15, 0.2) is 97.1 Å². The highest BCUT2D eigenvalue weighted by molar-refractivity contribution is 5.76. The maximum atomic E-state index is 12.9. The average molecular weight is 1130 g/mol. The fraction of sp³-hybridized carbons (Fsp3) is 0.478. The maximum absolute atomic E-state index is 12.9. The van der Waals surface area contributed by atoms with Crippen LogP contribution < -0.4 is 29.9 Å². The highest BCUT2D eigenvalue weighted by atomic mass is 16.6. The molecule has 0 radical (unpaired) electrons. The first-order valence-corrected chi connectivity index (χ1v) is 29.8. The maximum Gasteiger partial charge on any atom is 0.312 e. The van der Waals surface area contributed by atoms with Gasteiger partial charge in [-0.05, 0) is 213 Å². The van der Waals surface area contributed by atoms with Crippen LogP contribution in [0, 0.1) is 39.5 Å². The number of piperidine rings is 2. The molecule has 0 amide bonds. The summed E-state index contributed by atoms with van der Waals surface area (Å²) in [5.74, 6) is 2.45. The fourth-order valence-corrected chi connectivity index (χ4v) is 12.0. The molecule has 0 bridgehead atoms. The van der Waals surface area contributed by atoms with Crippen LogP contribution in [-0.2, 0) is 67.6 Å². The van der Waals surface area contributed by atoms with Gasteiger partial charge in [0.15, 0.2) is 0 Å². The lowest BCUT2D eigenvalue weighted by Gasteiger charge is -2.38. The second-order valence-corrected chi connectivity index (χ2v) is 24.8. The Morgan fingerprint density at radius 2 is 1.07 bits per heavy atom. The Bertz CT molecular complexity index is 3240. The highest BCUT2D eigenvalue weighted by Crippen LogP contribution is 2.38. The number of anilines is 2. The Kier molecular flexibility index (Phi) is 19.6. The Morgan fingerprint density at radius 3 is 1.61 bits per heavy atom. The van der Waals surface area contributed by atoms with E-state index >= 15 is 0 Å². The number of fused-ring (bicyclic) bond motifs is 2. The van der Waals surface area contributed by atoms with Gasteiger partial charge in [-0.1, -0.05) is 60.7 Å². The Balaban J connectivity index is 0.000000200. The number of benzene rings is 4. The quantitative estimate of drug-likeness (QED) is 0.0998. The number of hydrogen-bond donors (Lipinski definition) is 2. The standard InChI is InChI=1S/C35H45N3O4.C34H43N3O4/c1-23-9-7-10-28(33(23)41-22-26-14-13-25-15-18-36-19-16-27(25)24(26)2)30-11-8-12-32(37-30)38-20-17-29(31(21-38)40-6)34(39)42-35(3,4)5;1-22-9-7-10-26(32(22)40-21-24-17-23(2)28-19-35-15-13-25(28)18-24)29-11-8-12-31(36-29)37-16-14-27(30(20-37)39-6)33(38)41-34(3,4)5/h7-14,29,31,36H,15-22H2,1-6H3;7-12,17-18,27,30,35H,13-16,19-21H2,1-6H3/t29-,31-;27-,30-/m00/s1. The second kappa shape index (κ2) is 26.8. The van der Waals surface area contributed by atoms with Crippen LogP contribution in [0.25, 0.3) is 22.5 Å². The molecule has 4 aliphatic rings. The van der Waals surface area contributed by atoms with Crippen LogP contribution in [-0.4, -0.2) is 105 Å². The summed E-state index contributed by atoms with van der Waals surface area (Å²) in [6.07, 6.45) is 3.94. The van der Waals surface area contributed by atoms with Gasteiger partial charge in [-0.25, -0.2) is 9.97 Å². The lowest BCUT2D eigenvalue weighted by atomic mass is 9.93. The van der Waals surface area contributed by atoms with Gasteiger partial charge in [-0.2, -0.15) is 0 Å². The van der Waals surface area contributed by atoms with Crippen molar-refractivity contribution in [2.75, 3.05) is 69.8 Å². The van der Waals surface area contributed by atoms with Gasteiger partial charge >= 0.3 is 11.9 Å². The molecule has 6 heterocycles. The summed E-state index contributed by atoms with van der Waals surface area (Å²) < 4.78 is 36.0. The molecule has 83 heavy (non-hydrogen) atoms. The van der Waals surface area contributed by atoms with Gasteiger partial charge in [0.25, 0.3) is 0 Å². The van der Waals surface area contributed by atoms with Gasteiger partial charge < -0.3 is 48.9 Å². The first-order chi connectivity index (χ1) is 39.8. The summed E-state index contributed by atoms with van der Waals surface area (Å²) in [6.45, 7) is 27.5. The number of carbonyl (C=O) groups is 2. The Labute approximate surface area is 493 Å². The van der Waals surface area contributed by atoms with Gasteiger partial charge in [-0.15, -0.1) is 0 Å². The molecule has 10 rings (SSSR count). The number of aromatic nitrogens is 2. The predicted molar refractivity (Wildman–Crippen MR) is 329 cm³/mol. The molecular formula is C69H88N6O8. The molecule has 4 aromatic carbocycles. The Morgan fingerprint density at radius 1 is 0.566 bits per heavy atom. The van der Waals surface area contributed by atoms with Gasteiger partial charge in [0, 0.05) is 58.1 Å². The average Bonchev–Trinajstić information content (AvgIpc) is 3.90. The van der Waals surface area contributed by atoms with E-state index in [-0.39, 0.29) is 36.0 Å². The molecule has 4 aliphatic heterocycles. The zero-order valence-corrected chi connectivity index (χ0v) is 51.2. The smallest absolute Gasteiger partial charge is 0.312 e. The van der Waals surface area contributed by atoms with Gasteiger partial charge in [-0.3, -0.25) is 9.59 Å². The van der Waals surface area contributed by atoms with Crippen molar-refractivity contribution in [2.45, 2.75) is 145 Å². The fourth-order valence-electron chi connectivity index (χ4n) is 12.0. The molecule has 2 aromatic heterocycles. The lowest BCUT2D eigenvalue weighted by molar-refractivity contribution is -0.166. The molecule has 0 spiro atoms. The molecule has 0 aliphatic carbocycles. The number of hydrogen-bond acceptors (Lipinski definition) is 14. The molecular weight excluding hydrogens is 1040 g/mol. The van der Waals surface area contributed by atoms with E-state index in [1.54, 1.807) is 14.2 Å². The van der Waals surface area contributed by atoms with Gasteiger partial charge in [0.05, 0.1) is 35.4 Å². The number of nitrogens with one attached hydrogen (secondary N) is 2. The highest BCUT2D eigenvalue weighted by Gasteiger charge is 2.39. The van der Waals surface area contributed by atoms with Crippen molar-refractivity contribution in [2.24, 2.45) is 11.8 Å². The van der Waals surface area contributed by atoms with E-state index < -0.39 is 11.2 Å². The minimum atomic E-state index is -0.522. The van der Waals surface area contributed by atoms with Crippen LogP contribution in [0.5, 0.6) is 11.5 Å². The largest absolute Gasteiger partial charge is 0.488 e. The number of para-hydroxylation sites is 2. The van der Waals surface area contributed by atoms with Crippen LogP contribution in [0.2, 0.25) is 0 Å². The number of aryl methyl sites for hydroxylation is 3. The number of methoxy groups -OCH3 is 2. The molecule has 2 saturated heterocycles. The molecule has 0 saturated carbocycles. The number of ether oxygens (including phenoxy) is 6. The number of rotatable bonds is 14. The number of esters is 2. The zero-order chi connectivity index (χ0) is 59.0. The van der Waals surface area contributed by atoms with Gasteiger partial charge in [0.1, 0.15) is 47.6 Å². The molecule has 4 atom stereocenters. The van der Waals surface area contributed by atoms with Crippen LogP contribution >= 0.6 is 0 Å². The topological polar surface area (TPSA) is 146 Å². The molecule has 14 nitrogen and oxygen atoms in total. The van der Waals surface area contributed by atoms with E-state index in [4.69, 9.17) is 38.4 Å². The first-order valence-electron chi connectivity index (χ1n) is 29.8. The van der Waals surface area contributed by atoms with Crippen molar-refractivity contribution in [3.05, 3.63) is 153 Å². The molecule has 2 N–H and O–H groups in total. The van der Waals surface area contributed by atoms with E-state index in [1.165, 1.54) is 44.5 Å². The van der Waals surface area contributed by atoms with Gasteiger partial charge in [0.2, 0.25) is 0 Å². The van der Waals surface area contributed by atoms with E-state index in [1.807, 2.05) is 77.9 Å². The zero-order valence-electron chi connectivity index (χ0n) is 51.2. The summed E-state index contributed by atoms with van der Waals surface area (Å²) >= 11 is 0. The van der Waals surface area contributed by atoms with Crippen molar-refractivity contribution in [3.8, 4) is 34.0 Å². The molecule has 0 unspecified atom stereocenters. The Hall–Kier alpha value is -6.84. The summed E-state index contributed by atoms with van der Waals surface area (Å²) in [7, 11) is 3.32. The summed E-state index contributed by atoms with van der Waals surface area (Å²) in [5.41, 5.74) is 15.6. The number of pyridine rings is 2. The third-order valence-electron chi connectivity index (χ3n) is 16.4. The normalized spacial score (nSPS) is 19.1. The lowest BCUT2D eigenvalue weighted by Crippen LogP contribution is -2.49. The SMILES string of the molecule is CO[C@H]1CN(c2cccc(-c3cccc(C)c3OCc3cc(C)c4c(c3)CCNC4)n2)CC[C@@H]1C(=O)OC(C)(C)C.CO[C@H]1CN(c2cccc(-c3cccc(C)c3OCc3ccc4c(c3C)CCNCC4)n2)CC[C@@H]1C(=O)OC(C)(C)C. The molecule has 2 fully saturated rings. The minimum Gasteiger partial charge on any atom is -0.488 e. The van der Waals surface area contributed by atoms with E-state index in [2.05, 4.69) is 109 Å². The van der Waals surface area contributed by atoms with Crippen molar-refractivity contribution in [1.29, 1.82) is 0 Å². The summed E-state index contributed by atoms with van der Waals surface area (Å²) in [6, 6.07) is 33.7.